The highest BCUT2D eigenvalue weighted by molar-refractivity contribution is 7.92. The summed E-state index contributed by atoms with van der Waals surface area (Å²) >= 11 is 1.27. The Labute approximate surface area is 235 Å². The van der Waals surface area contributed by atoms with Gasteiger partial charge in [0, 0.05) is 34.0 Å². The Morgan fingerprint density at radius 1 is 1.07 bits per heavy atom. The molecule has 12 heteroatoms. The lowest BCUT2D eigenvalue weighted by Gasteiger charge is -2.30. The number of carbonyl (C=O) groups excluding carboxylic acids is 2. The van der Waals surface area contributed by atoms with Crippen LogP contribution in [0, 0.1) is 0 Å². The van der Waals surface area contributed by atoms with Crippen LogP contribution in [0.15, 0.2) is 77.7 Å². The van der Waals surface area contributed by atoms with Crippen molar-refractivity contribution < 1.29 is 32.4 Å². The number of nitrogens with one attached hydrogen (secondary N) is 1. The van der Waals surface area contributed by atoms with Gasteiger partial charge in [-0.05, 0) is 48.4 Å². The van der Waals surface area contributed by atoms with Crippen molar-refractivity contribution in [2.75, 3.05) is 26.0 Å². The molecule has 5 rings (SSSR count). The molecule has 1 aliphatic heterocycles. The van der Waals surface area contributed by atoms with Crippen molar-refractivity contribution in [3.8, 4) is 27.5 Å². The van der Waals surface area contributed by atoms with Crippen molar-refractivity contribution in [3.63, 3.8) is 0 Å². The molecule has 1 fully saturated rings. The normalized spacial score (nSPS) is 18.6. The molecule has 3 heterocycles. The molecule has 0 saturated carbocycles. The van der Waals surface area contributed by atoms with E-state index >= 15 is 0 Å². The van der Waals surface area contributed by atoms with E-state index in [9.17, 15) is 23.2 Å². The molecule has 1 unspecified atom stereocenters. The fraction of sp³-hybridized carbons (Fsp3) is 0.250. The molecule has 2 aromatic carbocycles. The molecule has 2 amide bonds. The van der Waals surface area contributed by atoms with Crippen LogP contribution in [-0.2, 0) is 19.4 Å². The van der Waals surface area contributed by atoms with Gasteiger partial charge in [0.1, 0.15) is 10.5 Å². The first-order valence-corrected chi connectivity index (χ1v) is 14.9. The number of hydroxylamine groups is 1. The van der Waals surface area contributed by atoms with Gasteiger partial charge in [0.2, 0.25) is 5.91 Å². The van der Waals surface area contributed by atoms with Crippen LogP contribution in [0.3, 0.4) is 0 Å². The summed E-state index contributed by atoms with van der Waals surface area (Å²) in [6, 6.07) is 17.7. The standard InChI is InChI=1S/C28H27N3O7S2/c1-37-22-8-6-21(7-9-22)27(33)31-13-12-28(16-26(32)30-34,40(35,36)15-14-31)25-11-10-24(39-25)20-4-2-19(3-5-20)23-17-29-18-38-23/h2-11,17-18,34H,12-16H2,1H3,(H,30,32). The van der Waals surface area contributed by atoms with Gasteiger partial charge in [0.15, 0.2) is 22.0 Å². The van der Waals surface area contributed by atoms with E-state index < -0.39 is 26.9 Å². The number of rotatable bonds is 7. The zero-order valence-electron chi connectivity index (χ0n) is 21.6. The van der Waals surface area contributed by atoms with E-state index in [2.05, 4.69) is 4.98 Å². The van der Waals surface area contributed by atoms with Crippen molar-refractivity contribution in [2.24, 2.45) is 0 Å². The number of methoxy groups -OCH3 is 1. The minimum atomic E-state index is -3.94. The van der Waals surface area contributed by atoms with Gasteiger partial charge in [-0.3, -0.25) is 14.8 Å². The first-order valence-electron chi connectivity index (χ1n) is 12.4. The van der Waals surface area contributed by atoms with Crippen LogP contribution < -0.4 is 10.2 Å². The van der Waals surface area contributed by atoms with E-state index in [1.807, 2.05) is 30.3 Å². The number of sulfone groups is 1. The zero-order valence-corrected chi connectivity index (χ0v) is 23.2. The van der Waals surface area contributed by atoms with Gasteiger partial charge >= 0.3 is 0 Å². The minimum Gasteiger partial charge on any atom is -0.497 e. The predicted molar refractivity (Wildman–Crippen MR) is 149 cm³/mol. The van der Waals surface area contributed by atoms with Crippen LogP contribution in [-0.4, -0.2) is 61.3 Å². The second-order valence-corrected chi connectivity index (χ2v) is 12.9. The maximum absolute atomic E-state index is 13.9. The number of oxazole rings is 1. The summed E-state index contributed by atoms with van der Waals surface area (Å²) in [6.07, 6.45) is 2.50. The van der Waals surface area contributed by atoms with Gasteiger partial charge in [0.05, 0.1) is 25.5 Å². The third-order valence-corrected chi connectivity index (χ3v) is 11.1. The van der Waals surface area contributed by atoms with E-state index in [0.717, 1.165) is 16.0 Å². The van der Waals surface area contributed by atoms with Crippen molar-refractivity contribution >= 4 is 33.0 Å². The van der Waals surface area contributed by atoms with Crippen LogP contribution >= 0.6 is 11.3 Å². The molecule has 0 aliphatic carbocycles. The van der Waals surface area contributed by atoms with Crippen molar-refractivity contribution in [1.29, 1.82) is 0 Å². The number of hydrogen-bond acceptors (Lipinski definition) is 9. The van der Waals surface area contributed by atoms with Crippen LogP contribution in [0.25, 0.3) is 21.8 Å². The number of hydrogen-bond donors (Lipinski definition) is 2. The Morgan fingerprint density at radius 3 is 2.45 bits per heavy atom. The molecule has 208 valence electrons. The third-order valence-electron chi connectivity index (χ3n) is 7.15. The number of amides is 2. The Kier molecular flexibility index (Phi) is 7.74. The second kappa shape index (κ2) is 11.2. The lowest BCUT2D eigenvalue weighted by molar-refractivity contribution is -0.129. The highest BCUT2D eigenvalue weighted by Crippen LogP contribution is 2.45. The average Bonchev–Trinajstić information content (AvgIpc) is 3.67. The Morgan fingerprint density at radius 2 is 1.80 bits per heavy atom. The Bertz CT molecular complexity index is 1600. The van der Waals surface area contributed by atoms with Crippen LogP contribution in [0.4, 0.5) is 0 Å². The molecule has 1 atom stereocenters. The van der Waals surface area contributed by atoms with E-state index in [0.29, 0.717) is 22.0 Å². The predicted octanol–water partition coefficient (Wildman–Crippen LogP) is 4.13. The molecule has 4 aromatic rings. The second-order valence-electron chi connectivity index (χ2n) is 9.40. The SMILES string of the molecule is COc1ccc(C(=O)N2CCC(CC(=O)NO)(c3ccc(-c4ccc(-c5cnco5)cc4)s3)S(=O)(=O)CC2)cc1. The lowest BCUT2D eigenvalue weighted by atomic mass is 9.97. The Balaban J connectivity index is 1.46. The molecule has 0 spiro atoms. The average molecular weight is 582 g/mol. The molecule has 10 nitrogen and oxygen atoms in total. The van der Waals surface area contributed by atoms with E-state index in [1.165, 1.54) is 29.7 Å². The maximum Gasteiger partial charge on any atom is 0.253 e. The van der Waals surface area contributed by atoms with Crippen LogP contribution in [0.1, 0.15) is 28.1 Å². The fourth-order valence-electron chi connectivity index (χ4n) is 4.88. The summed E-state index contributed by atoms with van der Waals surface area (Å²) < 4.78 is 36.6. The molecule has 2 N–H and O–H groups in total. The van der Waals surface area contributed by atoms with Gasteiger partial charge in [-0.25, -0.2) is 18.9 Å². The van der Waals surface area contributed by atoms with Crippen LogP contribution in [0.5, 0.6) is 5.75 Å². The van der Waals surface area contributed by atoms with Crippen molar-refractivity contribution in [3.05, 3.63) is 83.7 Å². The first kappa shape index (κ1) is 27.6. The molecular formula is C28H27N3O7S2. The molecule has 0 radical (unpaired) electrons. The monoisotopic (exact) mass is 581 g/mol. The lowest BCUT2D eigenvalue weighted by Crippen LogP contribution is -2.41. The summed E-state index contributed by atoms with van der Waals surface area (Å²) in [5, 5.41) is 9.31. The molecule has 1 aliphatic rings. The smallest absolute Gasteiger partial charge is 0.253 e. The molecule has 1 saturated heterocycles. The summed E-state index contributed by atoms with van der Waals surface area (Å²) in [4.78, 5) is 32.4. The fourth-order valence-corrected chi connectivity index (χ4v) is 8.49. The highest BCUT2D eigenvalue weighted by Gasteiger charge is 2.50. The Hall–Kier alpha value is -4.00. The number of carbonyl (C=O) groups is 2. The maximum atomic E-state index is 13.9. The first-order chi connectivity index (χ1) is 19.3. The van der Waals surface area contributed by atoms with Gasteiger partial charge in [-0.15, -0.1) is 11.3 Å². The molecular weight excluding hydrogens is 554 g/mol. The van der Waals surface area contributed by atoms with Gasteiger partial charge in [-0.1, -0.05) is 24.3 Å². The van der Waals surface area contributed by atoms with Crippen molar-refractivity contribution in [2.45, 2.75) is 17.6 Å². The number of benzene rings is 2. The molecule has 0 bridgehead atoms. The van der Waals surface area contributed by atoms with Gasteiger partial charge < -0.3 is 14.1 Å². The highest BCUT2D eigenvalue weighted by atomic mass is 32.2. The summed E-state index contributed by atoms with van der Waals surface area (Å²) in [7, 11) is -2.41. The summed E-state index contributed by atoms with van der Waals surface area (Å²) in [5.41, 5.74) is 3.71. The topological polar surface area (TPSA) is 139 Å². The number of thiophene rings is 1. The number of ether oxygens (including phenoxy) is 1. The van der Waals surface area contributed by atoms with E-state index in [1.54, 1.807) is 42.0 Å². The number of nitrogens with zero attached hydrogens (tertiary/aromatic N) is 2. The molecule has 40 heavy (non-hydrogen) atoms. The largest absolute Gasteiger partial charge is 0.497 e. The minimum absolute atomic E-state index is 0.00493. The summed E-state index contributed by atoms with van der Waals surface area (Å²) in [6.45, 7) is 0.0962. The van der Waals surface area contributed by atoms with Crippen molar-refractivity contribution in [1.82, 2.24) is 15.4 Å². The van der Waals surface area contributed by atoms with E-state index in [-0.39, 0.29) is 31.2 Å². The quantitative estimate of drug-likeness (QED) is 0.245. The van der Waals surface area contributed by atoms with Crippen LogP contribution in [0.2, 0.25) is 0 Å². The summed E-state index contributed by atoms with van der Waals surface area (Å²) in [5.74, 6) is -0.216. The third kappa shape index (κ3) is 5.25. The zero-order chi connectivity index (χ0) is 28.3. The van der Waals surface area contributed by atoms with E-state index in [4.69, 9.17) is 9.15 Å². The van der Waals surface area contributed by atoms with Gasteiger partial charge in [-0.2, -0.15) is 0 Å². The molecule has 2 aromatic heterocycles. The van der Waals surface area contributed by atoms with Gasteiger partial charge in [0.25, 0.3) is 5.91 Å². The number of aromatic nitrogens is 1.